The van der Waals surface area contributed by atoms with Crippen LogP contribution in [-0.4, -0.2) is 26.8 Å². The Morgan fingerprint density at radius 3 is 2.94 bits per heavy atom. The molecule has 1 aromatic heterocycles. The molecule has 0 radical (unpaired) electrons. The highest BCUT2D eigenvalue weighted by atomic mass is 79.9. The van der Waals surface area contributed by atoms with Crippen LogP contribution in [0.15, 0.2) is 28.7 Å². The van der Waals surface area contributed by atoms with E-state index in [1.807, 2.05) is 22.9 Å². The Hall–Kier alpha value is -1.27. The lowest BCUT2D eigenvalue weighted by Crippen LogP contribution is -2.18. The molecule has 1 N–H and O–H groups in total. The molecular weight excluding hydrogens is 294 g/mol. The average molecular weight is 310 g/mol. The van der Waals surface area contributed by atoms with Crippen molar-refractivity contribution in [1.82, 2.24) is 25.5 Å². The summed E-state index contributed by atoms with van der Waals surface area (Å²) in [4.78, 5) is 0. The quantitative estimate of drug-likeness (QED) is 0.829. The molecule has 0 atom stereocenters. The van der Waals surface area contributed by atoms with Gasteiger partial charge in [-0.2, -0.15) is 0 Å². The standard InChI is InChI=1S/C12H16BrN5/c1-2-7-14-8-12-15-16-17-18(12)9-10-5-3-4-6-11(10)13/h3-6,14H,2,7-9H2,1H3. The predicted octanol–water partition coefficient (Wildman–Crippen LogP) is 1.98. The van der Waals surface area contributed by atoms with E-state index in [0.29, 0.717) is 13.1 Å². The number of nitrogens with zero attached hydrogens (tertiary/aromatic N) is 4. The van der Waals surface area contributed by atoms with E-state index in [1.54, 1.807) is 0 Å². The number of hydrogen-bond donors (Lipinski definition) is 1. The molecule has 0 amide bonds. The van der Waals surface area contributed by atoms with Crippen LogP contribution in [0.1, 0.15) is 24.7 Å². The van der Waals surface area contributed by atoms with Crippen molar-refractivity contribution in [1.29, 1.82) is 0 Å². The number of hydrogen-bond acceptors (Lipinski definition) is 4. The molecule has 2 rings (SSSR count). The molecule has 1 aromatic carbocycles. The molecule has 1 heterocycles. The molecule has 0 saturated heterocycles. The summed E-state index contributed by atoms with van der Waals surface area (Å²) in [6.07, 6.45) is 1.10. The molecule has 0 fully saturated rings. The topological polar surface area (TPSA) is 55.6 Å². The SMILES string of the molecule is CCCNCc1nnnn1Cc1ccccc1Br. The molecule has 18 heavy (non-hydrogen) atoms. The molecule has 0 bridgehead atoms. The van der Waals surface area contributed by atoms with E-state index in [4.69, 9.17) is 0 Å². The summed E-state index contributed by atoms with van der Waals surface area (Å²) in [7, 11) is 0. The second kappa shape index (κ2) is 6.61. The van der Waals surface area contributed by atoms with Crippen LogP contribution in [0.2, 0.25) is 0 Å². The number of benzene rings is 1. The Morgan fingerprint density at radius 2 is 2.17 bits per heavy atom. The van der Waals surface area contributed by atoms with Gasteiger partial charge in [-0.15, -0.1) is 5.10 Å². The van der Waals surface area contributed by atoms with Crippen molar-refractivity contribution in [2.75, 3.05) is 6.54 Å². The third-order valence-corrected chi connectivity index (χ3v) is 3.37. The minimum Gasteiger partial charge on any atom is -0.310 e. The Morgan fingerprint density at radius 1 is 1.33 bits per heavy atom. The van der Waals surface area contributed by atoms with E-state index in [9.17, 15) is 0 Å². The normalized spacial score (nSPS) is 10.8. The second-order valence-corrected chi connectivity index (χ2v) is 4.88. The summed E-state index contributed by atoms with van der Waals surface area (Å²) >= 11 is 3.53. The van der Waals surface area contributed by atoms with Gasteiger partial charge in [0, 0.05) is 4.47 Å². The van der Waals surface area contributed by atoms with Crippen molar-refractivity contribution in [2.45, 2.75) is 26.4 Å². The van der Waals surface area contributed by atoms with Crippen molar-refractivity contribution in [2.24, 2.45) is 0 Å². The minimum absolute atomic E-state index is 0.678. The Labute approximate surface area is 115 Å². The van der Waals surface area contributed by atoms with E-state index in [0.717, 1.165) is 23.3 Å². The van der Waals surface area contributed by atoms with E-state index in [2.05, 4.69) is 49.8 Å². The van der Waals surface area contributed by atoms with Gasteiger partial charge in [-0.05, 0) is 35.0 Å². The molecule has 0 saturated carbocycles. The van der Waals surface area contributed by atoms with Gasteiger partial charge in [0.2, 0.25) is 0 Å². The van der Waals surface area contributed by atoms with E-state index < -0.39 is 0 Å². The smallest absolute Gasteiger partial charge is 0.165 e. The minimum atomic E-state index is 0.678. The lowest BCUT2D eigenvalue weighted by atomic mass is 10.2. The molecule has 6 heteroatoms. The van der Waals surface area contributed by atoms with Crippen molar-refractivity contribution >= 4 is 15.9 Å². The largest absolute Gasteiger partial charge is 0.310 e. The molecule has 0 aliphatic rings. The van der Waals surface area contributed by atoms with Crippen LogP contribution in [0.5, 0.6) is 0 Å². The first kappa shape index (κ1) is 13.2. The van der Waals surface area contributed by atoms with Gasteiger partial charge in [-0.3, -0.25) is 0 Å². The lowest BCUT2D eigenvalue weighted by Gasteiger charge is -2.07. The van der Waals surface area contributed by atoms with Gasteiger partial charge in [-0.25, -0.2) is 4.68 Å². The zero-order chi connectivity index (χ0) is 12.8. The molecule has 5 nitrogen and oxygen atoms in total. The molecule has 0 spiro atoms. The highest BCUT2D eigenvalue weighted by molar-refractivity contribution is 9.10. The highest BCUT2D eigenvalue weighted by Gasteiger charge is 2.07. The van der Waals surface area contributed by atoms with Crippen molar-refractivity contribution in [3.8, 4) is 0 Å². The first-order valence-electron chi connectivity index (χ1n) is 6.00. The molecular formula is C12H16BrN5. The highest BCUT2D eigenvalue weighted by Crippen LogP contribution is 2.16. The fourth-order valence-corrected chi connectivity index (χ4v) is 2.05. The molecule has 0 unspecified atom stereocenters. The molecule has 96 valence electrons. The second-order valence-electron chi connectivity index (χ2n) is 4.02. The molecule has 2 aromatic rings. The van der Waals surface area contributed by atoms with Gasteiger partial charge < -0.3 is 5.32 Å². The maximum Gasteiger partial charge on any atom is 0.165 e. The van der Waals surface area contributed by atoms with Crippen LogP contribution in [0, 0.1) is 0 Å². The number of rotatable bonds is 6. The third-order valence-electron chi connectivity index (χ3n) is 2.59. The Kier molecular flexibility index (Phi) is 4.83. The van der Waals surface area contributed by atoms with Crippen LogP contribution < -0.4 is 5.32 Å². The predicted molar refractivity (Wildman–Crippen MR) is 73.1 cm³/mol. The summed E-state index contributed by atoms with van der Waals surface area (Å²) in [5.41, 5.74) is 1.17. The monoisotopic (exact) mass is 309 g/mol. The number of nitrogens with one attached hydrogen (secondary N) is 1. The van der Waals surface area contributed by atoms with Crippen LogP contribution in [0.4, 0.5) is 0 Å². The van der Waals surface area contributed by atoms with E-state index in [-0.39, 0.29) is 0 Å². The number of tetrazole rings is 1. The van der Waals surface area contributed by atoms with Crippen LogP contribution in [0.25, 0.3) is 0 Å². The maximum atomic E-state index is 4.04. The van der Waals surface area contributed by atoms with Crippen molar-refractivity contribution in [3.63, 3.8) is 0 Å². The third kappa shape index (κ3) is 3.36. The van der Waals surface area contributed by atoms with Gasteiger partial charge in [0.25, 0.3) is 0 Å². The van der Waals surface area contributed by atoms with Gasteiger partial charge in [-0.1, -0.05) is 41.1 Å². The summed E-state index contributed by atoms with van der Waals surface area (Å²) < 4.78 is 2.90. The zero-order valence-corrected chi connectivity index (χ0v) is 11.9. The first-order chi connectivity index (χ1) is 8.81. The summed E-state index contributed by atoms with van der Waals surface area (Å²) in [5, 5.41) is 15.1. The Bertz CT molecular complexity index is 497. The van der Waals surface area contributed by atoms with Gasteiger partial charge >= 0.3 is 0 Å². The lowest BCUT2D eigenvalue weighted by molar-refractivity contribution is 0.576. The summed E-state index contributed by atoms with van der Waals surface area (Å²) in [6, 6.07) is 8.10. The van der Waals surface area contributed by atoms with Gasteiger partial charge in [0.05, 0.1) is 13.1 Å². The van der Waals surface area contributed by atoms with Crippen molar-refractivity contribution < 1.29 is 0 Å². The van der Waals surface area contributed by atoms with E-state index >= 15 is 0 Å². The molecule has 0 aliphatic carbocycles. The summed E-state index contributed by atoms with van der Waals surface area (Å²) in [5.74, 6) is 0.860. The maximum absolute atomic E-state index is 4.04. The van der Waals surface area contributed by atoms with E-state index in [1.165, 1.54) is 5.56 Å². The Balaban J connectivity index is 2.05. The van der Waals surface area contributed by atoms with Crippen LogP contribution in [-0.2, 0) is 13.1 Å². The number of halogens is 1. The number of aromatic nitrogens is 4. The van der Waals surface area contributed by atoms with Gasteiger partial charge in [0.15, 0.2) is 5.82 Å². The van der Waals surface area contributed by atoms with Crippen LogP contribution >= 0.6 is 15.9 Å². The first-order valence-corrected chi connectivity index (χ1v) is 6.79. The van der Waals surface area contributed by atoms with Crippen LogP contribution in [0.3, 0.4) is 0 Å². The van der Waals surface area contributed by atoms with Crippen molar-refractivity contribution in [3.05, 3.63) is 40.1 Å². The fraction of sp³-hybridized carbons (Fsp3) is 0.417. The summed E-state index contributed by atoms with van der Waals surface area (Å²) in [6.45, 7) is 4.49. The zero-order valence-electron chi connectivity index (χ0n) is 10.3. The van der Waals surface area contributed by atoms with Gasteiger partial charge in [0.1, 0.15) is 0 Å². The molecule has 0 aliphatic heterocycles. The fourth-order valence-electron chi connectivity index (χ4n) is 1.64. The average Bonchev–Trinajstić information content (AvgIpc) is 2.80.